The lowest BCUT2D eigenvalue weighted by Crippen LogP contribution is -2.32. The zero-order valence-corrected chi connectivity index (χ0v) is 11.1. The number of ether oxygens (including phenoxy) is 1. The van der Waals surface area contributed by atoms with E-state index in [1.165, 1.54) is 6.33 Å². The summed E-state index contributed by atoms with van der Waals surface area (Å²) in [5.41, 5.74) is 2.01. The van der Waals surface area contributed by atoms with Gasteiger partial charge in [-0.1, -0.05) is 0 Å². The Bertz CT molecular complexity index is 565. The average Bonchev–Trinajstić information content (AvgIpc) is 2.79. The highest BCUT2D eigenvalue weighted by molar-refractivity contribution is 7.98. The van der Waals surface area contributed by atoms with Gasteiger partial charge in [-0.2, -0.15) is 11.8 Å². The van der Waals surface area contributed by atoms with Crippen molar-refractivity contribution >= 4 is 22.8 Å². The van der Waals surface area contributed by atoms with E-state index in [1.807, 2.05) is 6.26 Å². The van der Waals surface area contributed by atoms with Gasteiger partial charge in [-0.05, 0) is 6.26 Å². The average molecular weight is 268 g/mol. The molecule has 0 saturated carbocycles. The number of rotatable bonds is 6. The molecule has 1 atom stereocenters. The zero-order chi connectivity index (χ0) is 13.0. The lowest BCUT2D eigenvalue weighted by atomic mass is 10.3. The van der Waals surface area contributed by atoms with E-state index in [0.717, 1.165) is 11.3 Å². The maximum absolute atomic E-state index is 11.5. The van der Waals surface area contributed by atoms with Crippen molar-refractivity contribution in [1.82, 2.24) is 20.3 Å². The van der Waals surface area contributed by atoms with E-state index in [-0.39, 0.29) is 11.8 Å². The quantitative estimate of drug-likeness (QED) is 0.671. The molecule has 98 valence electrons. The maximum Gasteiger partial charge on any atom is 0.275 e. The van der Waals surface area contributed by atoms with Gasteiger partial charge in [-0.15, -0.1) is 0 Å². The first-order valence-corrected chi connectivity index (χ1v) is 6.94. The Labute approximate surface area is 109 Å². The highest BCUT2D eigenvalue weighted by Gasteiger charge is 2.10. The number of thioether (sulfide) groups is 1. The minimum Gasteiger partial charge on any atom is -0.366 e. The van der Waals surface area contributed by atoms with Crippen molar-refractivity contribution < 1.29 is 4.74 Å². The van der Waals surface area contributed by atoms with E-state index in [1.54, 1.807) is 25.1 Å². The summed E-state index contributed by atoms with van der Waals surface area (Å²) in [6.45, 7) is 0.607. The number of hydrogen-bond acceptors (Lipinski definition) is 5. The number of hydrogen-bond donors (Lipinski definition) is 3. The molecule has 2 aromatic heterocycles. The third-order valence-electron chi connectivity index (χ3n) is 2.67. The summed E-state index contributed by atoms with van der Waals surface area (Å²) in [7, 11) is 1.67. The van der Waals surface area contributed by atoms with Gasteiger partial charge in [0.05, 0.1) is 11.8 Å². The molecular weight excluding hydrogens is 252 g/mol. The van der Waals surface area contributed by atoms with E-state index in [0.29, 0.717) is 17.6 Å². The second kappa shape index (κ2) is 6.03. The van der Waals surface area contributed by atoms with Crippen LogP contribution in [0.3, 0.4) is 0 Å². The molecule has 0 saturated heterocycles. The number of fused-ring (bicyclic) bond motifs is 1. The fraction of sp³-hybridized carbons (Fsp3) is 0.455. The summed E-state index contributed by atoms with van der Waals surface area (Å²) in [6, 6.07) is 0. The molecule has 1 unspecified atom stereocenters. The molecule has 6 nitrogen and oxygen atoms in total. The van der Waals surface area contributed by atoms with Gasteiger partial charge in [0, 0.05) is 31.2 Å². The molecule has 0 aromatic carbocycles. The zero-order valence-electron chi connectivity index (χ0n) is 10.3. The molecule has 2 aromatic rings. The van der Waals surface area contributed by atoms with Crippen LogP contribution >= 0.6 is 11.8 Å². The first-order chi connectivity index (χ1) is 8.76. The minimum absolute atomic E-state index is 0.00746. The van der Waals surface area contributed by atoms with Crippen LogP contribution in [0.15, 0.2) is 17.3 Å². The van der Waals surface area contributed by atoms with Crippen molar-refractivity contribution in [3.63, 3.8) is 0 Å². The SMILES string of the molecule is COC(CSC)NCc1c[nH]c2c(=O)[nH]cnc12. The number of aromatic amines is 2. The van der Waals surface area contributed by atoms with Crippen LogP contribution in [0.2, 0.25) is 0 Å². The Morgan fingerprint density at radius 2 is 2.39 bits per heavy atom. The van der Waals surface area contributed by atoms with Crippen LogP contribution in [-0.4, -0.2) is 40.3 Å². The van der Waals surface area contributed by atoms with E-state index in [2.05, 4.69) is 20.3 Å². The predicted octanol–water partition coefficient (Wildman–Crippen LogP) is 0.676. The molecule has 0 fully saturated rings. The smallest absolute Gasteiger partial charge is 0.275 e. The summed E-state index contributed by atoms with van der Waals surface area (Å²) in [5.74, 6) is 0.868. The molecule has 0 amide bonds. The third kappa shape index (κ3) is 2.74. The van der Waals surface area contributed by atoms with Crippen LogP contribution in [0.25, 0.3) is 11.0 Å². The highest BCUT2D eigenvalue weighted by atomic mass is 32.2. The van der Waals surface area contributed by atoms with Crippen LogP contribution in [0.5, 0.6) is 0 Å². The van der Waals surface area contributed by atoms with Gasteiger partial charge < -0.3 is 14.7 Å². The third-order valence-corrected chi connectivity index (χ3v) is 3.31. The Morgan fingerprint density at radius 3 is 3.11 bits per heavy atom. The van der Waals surface area contributed by atoms with E-state index >= 15 is 0 Å². The molecule has 2 heterocycles. The van der Waals surface area contributed by atoms with Gasteiger partial charge >= 0.3 is 0 Å². The molecule has 0 aliphatic carbocycles. The normalized spacial score (nSPS) is 13.0. The summed E-state index contributed by atoms with van der Waals surface area (Å²) in [6.07, 6.45) is 5.23. The van der Waals surface area contributed by atoms with Crippen molar-refractivity contribution in [2.75, 3.05) is 19.1 Å². The second-order valence-electron chi connectivity index (χ2n) is 3.83. The summed E-state index contributed by atoms with van der Waals surface area (Å²) in [4.78, 5) is 21.2. The number of aromatic nitrogens is 3. The molecule has 7 heteroatoms. The molecule has 0 aliphatic rings. The van der Waals surface area contributed by atoms with Gasteiger partial charge in [0.2, 0.25) is 0 Å². The Hall–Kier alpha value is -1.31. The molecule has 0 spiro atoms. The predicted molar refractivity (Wildman–Crippen MR) is 72.7 cm³/mol. The highest BCUT2D eigenvalue weighted by Crippen LogP contribution is 2.11. The van der Waals surface area contributed by atoms with Crippen molar-refractivity contribution in [3.05, 3.63) is 28.4 Å². The lowest BCUT2D eigenvalue weighted by molar-refractivity contribution is 0.0919. The molecule has 18 heavy (non-hydrogen) atoms. The van der Waals surface area contributed by atoms with Crippen LogP contribution in [0.1, 0.15) is 5.56 Å². The Kier molecular flexibility index (Phi) is 4.40. The number of methoxy groups -OCH3 is 1. The lowest BCUT2D eigenvalue weighted by Gasteiger charge is -2.15. The minimum atomic E-state index is -0.154. The van der Waals surface area contributed by atoms with Crippen molar-refractivity contribution in [1.29, 1.82) is 0 Å². The summed E-state index contributed by atoms with van der Waals surface area (Å²) >= 11 is 1.71. The van der Waals surface area contributed by atoms with Crippen LogP contribution in [0, 0.1) is 0 Å². The van der Waals surface area contributed by atoms with Gasteiger partial charge in [0.25, 0.3) is 5.56 Å². The van der Waals surface area contributed by atoms with Crippen LogP contribution in [0.4, 0.5) is 0 Å². The number of H-pyrrole nitrogens is 2. The van der Waals surface area contributed by atoms with E-state index < -0.39 is 0 Å². The fourth-order valence-corrected chi connectivity index (χ4v) is 2.28. The van der Waals surface area contributed by atoms with Crippen molar-refractivity contribution in [2.45, 2.75) is 12.8 Å². The number of nitrogens with one attached hydrogen (secondary N) is 3. The van der Waals surface area contributed by atoms with Crippen LogP contribution in [-0.2, 0) is 11.3 Å². The standard InChI is InChI=1S/C11H16N4O2S/c1-17-8(5-18-2)12-3-7-4-13-10-9(7)14-6-15-11(10)16/h4,6,8,12-13H,3,5H2,1-2H3,(H,14,15,16). The van der Waals surface area contributed by atoms with Gasteiger partial charge in [0.15, 0.2) is 0 Å². The van der Waals surface area contributed by atoms with E-state index in [9.17, 15) is 4.79 Å². The van der Waals surface area contributed by atoms with Gasteiger partial charge in [0.1, 0.15) is 11.7 Å². The van der Waals surface area contributed by atoms with Gasteiger partial charge in [-0.3, -0.25) is 10.1 Å². The molecule has 0 aliphatic heterocycles. The molecular formula is C11H16N4O2S. The fourth-order valence-electron chi connectivity index (χ4n) is 1.72. The largest absolute Gasteiger partial charge is 0.366 e. The van der Waals surface area contributed by atoms with Crippen LogP contribution < -0.4 is 10.9 Å². The second-order valence-corrected chi connectivity index (χ2v) is 4.74. The first-order valence-electron chi connectivity index (χ1n) is 5.55. The number of nitrogens with zero attached hydrogens (tertiary/aromatic N) is 1. The first kappa shape index (κ1) is 13.1. The Balaban J connectivity index is 2.12. The van der Waals surface area contributed by atoms with E-state index in [4.69, 9.17) is 4.74 Å². The monoisotopic (exact) mass is 268 g/mol. The summed E-state index contributed by atoms with van der Waals surface area (Å²) < 4.78 is 5.29. The molecule has 0 bridgehead atoms. The Morgan fingerprint density at radius 1 is 1.56 bits per heavy atom. The summed E-state index contributed by atoms with van der Waals surface area (Å²) in [5, 5.41) is 3.27. The van der Waals surface area contributed by atoms with Gasteiger partial charge in [-0.25, -0.2) is 4.98 Å². The molecule has 0 radical (unpaired) electrons. The molecule has 3 N–H and O–H groups in total. The van der Waals surface area contributed by atoms with Crippen molar-refractivity contribution in [2.24, 2.45) is 0 Å². The van der Waals surface area contributed by atoms with Crippen molar-refractivity contribution in [3.8, 4) is 0 Å². The maximum atomic E-state index is 11.5. The topological polar surface area (TPSA) is 82.8 Å². The molecule has 2 rings (SSSR count).